The Kier molecular flexibility index (Phi) is 3.53. The summed E-state index contributed by atoms with van der Waals surface area (Å²) >= 11 is 0. The molecule has 0 saturated carbocycles. The van der Waals surface area contributed by atoms with Crippen molar-refractivity contribution >= 4 is 5.91 Å². The number of nitrogens with one attached hydrogen (secondary N) is 1. The highest BCUT2D eigenvalue weighted by molar-refractivity contribution is 5.94. The fraction of sp³-hybridized carbons (Fsp3) is 0.533. The largest absolute Gasteiger partial charge is 0.377 e. The Morgan fingerprint density at radius 1 is 1.42 bits per heavy atom. The fourth-order valence-electron chi connectivity index (χ4n) is 2.81. The first-order valence-corrected chi connectivity index (χ1v) is 6.97. The minimum atomic E-state index is 0.129. The quantitative estimate of drug-likeness (QED) is 0.825. The normalized spacial score (nSPS) is 23.0. The summed E-state index contributed by atoms with van der Waals surface area (Å²) in [4.78, 5) is 14.5. The van der Waals surface area contributed by atoms with E-state index in [2.05, 4.69) is 11.4 Å². The Bertz CT molecular complexity index is 487. The van der Waals surface area contributed by atoms with E-state index in [1.165, 1.54) is 11.1 Å². The monoisotopic (exact) mass is 260 g/mol. The predicted molar refractivity (Wildman–Crippen MR) is 73.2 cm³/mol. The van der Waals surface area contributed by atoms with Crippen molar-refractivity contribution in [3.8, 4) is 0 Å². The van der Waals surface area contributed by atoms with Gasteiger partial charge < -0.3 is 15.0 Å². The van der Waals surface area contributed by atoms with Gasteiger partial charge in [0, 0.05) is 18.7 Å². The van der Waals surface area contributed by atoms with Gasteiger partial charge in [-0.3, -0.25) is 4.79 Å². The molecule has 0 aromatic heterocycles. The summed E-state index contributed by atoms with van der Waals surface area (Å²) in [5.74, 6) is 0.129. The molecule has 1 saturated heterocycles. The van der Waals surface area contributed by atoms with E-state index in [4.69, 9.17) is 4.74 Å². The van der Waals surface area contributed by atoms with Gasteiger partial charge in [0.2, 0.25) is 0 Å². The molecule has 102 valence electrons. The number of rotatable bonds is 1. The SMILES string of the molecule is CC1COCCN1C(=O)c1ccc2c(c1)CNCC2. The van der Waals surface area contributed by atoms with Crippen LogP contribution in [0.15, 0.2) is 18.2 Å². The smallest absolute Gasteiger partial charge is 0.254 e. The number of hydrogen-bond acceptors (Lipinski definition) is 3. The summed E-state index contributed by atoms with van der Waals surface area (Å²) in [5.41, 5.74) is 3.43. The Labute approximate surface area is 113 Å². The topological polar surface area (TPSA) is 41.6 Å². The molecule has 2 aliphatic rings. The van der Waals surface area contributed by atoms with E-state index in [1.807, 2.05) is 24.0 Å². The highest BCUT2D eigenvalue weighted by Crippen LogP contribution is 2.18. The van der Waals surface area contributed by atoms with Gasteiger partial charge in [-0.15, -0.1) is 0 Å². The molecular weight excluding hydrogens is 240 g/mol. The zero-order valence-corrected chi connectivity index (χ0v) is 11.3. The Balaban J connectivity index is 1.83. The van der Waals surface area contributed by atoms with Crippen LogP contribution in [0.4, 0.5) is 0 Å². The Hall–Kier alpha value is -1.39. The number of morpholine rings is 1. The molecule has 4 heteroatoms. The fourth-order valence-corrected chi connectivity index (χ4v) is 2.81. The molecule has 1 atom stereocenters. The van der Waals surface area contributed by atoms with Crippen molar-refractivity contribution in [3.05, 3.63) is 34.9 Å². The molecule has 3 rings (SSSR count). The average Bonchev–Trinajstić information content (AvgIpc) is 2.46. The van der Waals surface area contributed by atoms with Gasteiger partial charge in [0.05, 0.1) is 19.3 Å². The summed E-state index contributed by atoms with van der Waals surface area (Å²) in [5, 5.41) is 3.35. The third-order valence-electron chi connectivity index (χ3n) is 3.97. The van der Waals surface area contributed by atoms with Crippen molar-refractivity contribution in [3.63, 3.8) is 0 Å². The lowest BCUT2D eigenvalue weighted by Gasteiger charge is -2.33. The van der Waals surface area contributed by atoms with Gasteiger partial charge >= 0.3 is 0 Å². The van der Waals surface area contributed by atoms with E-state index in [0.717, 1.165) is 25.1 Å². The molecule has 0 aliphatic carbocycles. The highest BCUT2D eigenvalue weighted by atomic mass is 16.5. The number of fused-ring (bicyclic) bond motifs is 1. The van der Waals surface area contributed by atoms with Crippen molar-refractivity contribution in [2.75, 3.05) is 26.3 Å². The second-order valence-corrected chi connectivity index (χ2v) is 5.33. The maximum Gasteiger partial charge on any atom is 0.254 e. The van der Waals surface area contributed by atoms with Gasteiger partial charge in [-0.2, -0.15) is 0 Å². The van der Waals surface area contributed by atoms with Crippen LogP contribution in [0.1, 0.15) is 28.4 Å². The maximum atomic E-state index is 12.5. The van der Waals surface area contributed by atoms with Gasteiger partial charge in [-0.05, 0) is 43.1 Å². The number of carbonyl (C=O) groups is 1. The lowest BCUT2D eigenvalue weighted by molar-refractivity contribution is 0.00359. The third-order valence-corrected chi connectivity index (χ3v) is 3.97. The molecular formula is C15H20N2O2. The van der Waals surface area contributed by atoms with Crippen LogP contribution in [0.3, 0.4) is 0 Å². The van der Waals surface area contributed by atoms with Crippen LogP contribution in [0.25, 0.3) is 0 Å². The molecule has 19 heavy (non-hydrogen) atoms. The van der Waals surface area contributed by atoms with Crippen LogP contribution >= 0.6 is 0 Å². The molecule has 1 N–H and O–H groups in total. The van der Waals surface area contributed by atoms with Crippen LogP contribution in [-0.4, -0.2) is 43.2 Å². The highest BCUT2D eigenvalue weighted by Gasteiger charge is 2.25. The molecule has 1 aromatic carbocycles. The molecule has 1 unspecified atom stereocenters. The third kappa shape index (κ3) is 2.51. The summed E-state index contributed by atoms with van der Waals surface area (Å²) in [6.45, 7) is 5.91. The van der Waals surface area contributed by atoms with Gasteiger partial charge in [0.15, 0.2) is 0 Å². The minimum absolute atomic E-state index is 0.129. The molecule has 0 bridgehead atoms. The number of benzene rings is 1. The van der Waals surface area contributed by atoms with Crippen LogP contribution < -0.4 is 5.32 Å². The molecule has 0 radical (unpaired) electrons. The van der Waals surface area contributed by atoms with E-state index >= 15 is 0 Å². The Morgan fingerprint density at radius 2 is 2.32 bits per heavy atom. The van der Waals surface area contributed by atoms with E-state index < -0.39 is 0 Å². The number of carbonyl (C=O) groups excluding carboxylic acids is 1. The van der Waals surface area contributed by atoms with E-state index in [-0.39, 0.29) is 11.9 Å². The maximum absolute atomic E-state index is 12.5. The van der Waals surface area contributed by atoms with Crippen LogP contribution in [0.5, 0.6) is 0 Å². The number of nitrogens with zero attached hydrogens (tertiary/aromatic N) is 1. The molecule has 0 spiro atoms. The molecule has 1 amide bonds. The summed E-state index contributed by atoms with van der Waals surface area (Å²) in [6, 6.07) is 6.28. The average molecular weight is 260 g/mol. The molecule has 2 aliphatic heterocycles. The molecule has 1 aromatic rings. The van der Waals surface area contributed by atoms with Crippen LogP contribution in [-0.2, 0) is 17.7 Å². The molecule has 1 fully saturated rings. The summed E-state index contributed by atoms with van der Waals surface area (Å²) < 4.78 is 5.38. The van der Waals surface area contributed by atoms with Gasteiger partial charge in [-0.25, -0.2) is 0 Å². The van der Waals surface area contributed by atoms with E-state index in [0.29, 0.717) is 19.8 Å². The Morgan fingerprint density at radius 3 is 3.16 bits per heavy atom. The first-order valence-electron chi connectivity index (χ1n) is 6.97. The first-order chi connectivity index (χ1) is 9.25. The van der Waals surface area contributed by atoms with Gasteiger partial charge in [0.1, 0.15) is 0 Å². The van der Waals surface area contributed by atoms with Crippen molar-refractivity contribution in [1.82, 2.24) is 10.2 Å². The predicted octanol–water partition coefficient (Wildman–Crippen LogP) is 1.19. The number of amides is 1. The van der Waals surface area contributed by atoms with E-state index in [1.54, 1.807) is 0 Å². The zero-order valence-electron chi connectivity index (χ0n) is 11.3. The second kappa shape index (κ2) is 5.31. The first kappa shape index (κ1) is 12.6. The molecule has 4 nitrogen and oxygen atoms in total. The lowest BCUT2D eigenvalue weighted by Crippen LogP contribution is -2.47. The number of hydrogen-bond donors (Lipinski definition) is 1. The molecule has 2 heterocycles. The second-order valence-electron chi connectivity index (χ2n) is 5.33. The number of ether oxygens (including phenoxy) is 1. The lowest BCUT2D eigenvalue weighted by atomic mass is 9.98. The van der Waals surface area contributed by atoms with Crippen molar-refractivity contribution in [1.29, 1.82) is 0 Å². The van der Waals surface area contributed by atoms with Crippen molar-refractivity contribution in [2.45, 2.75) is 25.9 Å². The standard InChI is InChI=1S/C15H20N2O2/c1-11-10-19-7-6-17(11)15(18)13-3-2-12-4-5-16-9-14(12)8-13/h2-3,8,11,16H,4-7,9-10H2,1H3. The van der Waals surface area contributed by atoms with Crippen LogP contribution in [0.2, 0.25) is 0 Å². The van der Waals surface area contributed by atoms with Crippen molar-refractivity contribution in [2.24, 2.45) is 0 Å². The summed E-state index contributed by atoms with van der Waals surface area (Å²) in [7, 11) is 0. The van der Waals surface area contributed by atoms with Gasteiger partial charge in [-0.1, -0.05) is 6.07 Å². The minimum Gasteiger partial charge on any atom is -0.377 e. The van der Waals surface area contributed by atoms with Crippen LogP contribution in [0, 0.1) is 0 Å². The summed E-state index contributed by atoms with van der Waals surface area (Å²) in [6.07, 6.45) is 1.05. The van der Waals surface area contributed by atoms with Crippen molar-refractivity contribution < 1.29 is 9.53 Å². The van der Waals surface area contributed by atoms with E-state index in [9.17, 15) is 4.79 Å². The van der Waals surface area contributed by atoms with Gasteiger partial charge in [0.25, 0.3) is 5.91 Å². The zero-order chi connectivity index (χ0) is 13.2.